The van der Waals surface area contributed by atoms with Crippen LogP contribution in [0.1, 0.15) is 39.4 Å². The lowest BCUT2D eigenvalue weighted by atomic mass is 9.99. The fourth-order valence-corrected chi connectivity index (χ4v) is 4.88. The topological polar surface area (TPSA) is 93.1 Å². The van der Waals surface area contributed by atoms with Crippen molar-refractivity contribution in [2.24, 2.45) is 0 Å². The van der Waals surface area contributed by atoms with E-state index in [1.165, 1.54) is 32.7 Å². The predicted molar refractivity (Wildman–Crippen MR) is 115 cm³/mol. The van der Waals surface area contributed by atoms with E-state index in [0.29, 0.717) is 15.8 Å². The number of nitrogens with zero attached hydrogens (tertiary/aromatic N) is 2. The van der Waals surface area contributed by atoms with E-state index in [2.05, 4.69) is 31.8 Å². The molecule has 3 aromatic rings. The minimum atomic E-state index is -0.374. The summed E-state index contributed by atoms with van der Waals surface area (Å²) in [6, 6.07) is 7.20. The number of carbonyl (C=O) groups excluding carboxylic acids is 2. The molecule has 2 heterocycles. The third kappa shape index (κ3) is 4.40. The molecule has 0 radical (unpaired) electrons. The van der Waals surface area contributed by atoms with Crippen molar-refractivity contribution in [2.75, 3.05) is 0 Å². The summed E-state index contributed by atoms with van der Waals surface area (Å²) in [4.78, 5) is 43.1. The van der Waals surface area contributed by atoms with Crippen LogP contribution in [0.2, 0.25) is 0 Å². The third-order valence-corrected chi connectivity index (χ3v) is 6.63. The summed E-state index contributed by atoms with van der Waals surface area (Å²) < 4.78 is 2.18. The number of halogens is 1. The first-order chi connectivity index (χ1) is 14.0. The summed E-state index contributed by atoms with van der Waals surface area (Å²) in [5.41, 5.74) is 6.51. The maximum atomic E-state index is 12.5. The van der Waals surface area contributed by atoms with Gasteiger partial charge in [-0.25, -0.2) is 4.98 Å². The van der Waals surface area contributed by atoms with Crippen molar-refractivity contribution in [3.8, 4) is 0 Å². The van der Waals surface area contributed by atoms with Gasteiger partial charge in [0, 0.05) is 22.3 Å². The van der Waals surface area contributed by atoms with Crippen molar-refractivity contribution >= 4 is 50.0 Å². The molecule has 0 aliphatic heterocycles. The molecule has 0 atom stereocenters. The lowest BCUT2D eigenvalue weighted by molar-refractivity contribution is -0.122. The minimum absolute atomic E-state index is 0.0440. The number of fused-ring (bicyclic) bond motifs is 2. The molecule has 9 heteroatoms. The van der Waals surface area contributed by atoms with E-state index in [1.54, 1.807) is 12.1 Å². The molecule has 0 unspecified atom stereocenters. The SMILES string of the molecule is O=C(CCn1cnc2ccc(Br)cc2c1=O)NNC(=O)c1cc2c(s1)CCCC2. The van der Waals surface area contributed by atoms with E-state index in [-0.39, 0.29) is 30.3 Å². The number of amides is 2. The van der Waals surface area contributed by atoms with E-state index in [0.717, 1.165) is 30.2 Å². The molecule has 150 valence electrons. The van der Waals surface area contributed by atoms with Gasteiger partial charge in [-0.15, -0.1) is 11.3 Å². The Balaban J connectivity index is 1.34. The van der Waals surface area contributed by atoms with E-state index >= 15 is 0 Å². The average Bonchev–Trinajstić information content (AvgIpc) is 3.16. The van der Waals surface area contributed by atoms with Crippen molar-refractivity contribution < 1.29 is 9.59 Å². The average molecular weight is 475 g/mol. The molecule has 0 fully saturated rings. The van der Waals surface area contributed by atoms with Gasteiger partial charge in [-0.1, -0.05) is 15.9 Å². The highest BCUT2D eigenvalue weighted by molar-refractivity contribution is 9.10. The minimum Gasteiger partial charge on any atom is -0.298 e. The van der Waals surface area contributed by atoms with Gasteiger partial charge in [-0.05, 0) is 55.5 Å². The molecule has 0 bridgehead atoms. The van der Waals surface area contributed by atoms with Crippen molar-refractivity contribution in [3.63, 3.8) is 0 Å². The van der Waals surface area contributed by atoms with E-state index in [9.17, 15) is 14.4 Å². The maximum Gasteiger partial charge on any atom is 0.279 e. The highest BCUT2D eigenvalue weighted by Crippen LogP contribution is 2.29. The van der Waals surface area contributed by atoms with Crippen LogP contribution in [0, 0.1) is 0 Å². The largest absolute Gasteiger partial charge is 0.298 e. The Morgan fingerprint density at radius 3 is 2.83 bits per heavy atom. The summed E-state index contributed by atoms with van der Waals surface area (Å²) in [5.74, 6) is -0.687. The van der Waals surface area contributed by atoms with Crippen LogP contribution in [0.4, 0.5) is 0 Å². The van der Waals surface area contributed by atoms with Crippen LogP contribution < -0.4 is 16.4 Å². The van der Waals surface area contributed by atoms with Gasteiger partial charge >= 0.3 is 0 Å². The quantitative estimate of drug-likeness (QED) is 0.568. The number of benzene rings is 1. The molecule has 2 N–H and O–H groups in total. The molecule has 29 heavy (non-hydrogen) atoms. The Hall–Kier alpha value is -2.52. The molecule has 0 saturated heterocycles. The highest BCUT2D eigenvalue weighted by Gasteiger charge is 2.17. The zero-order valence-corrected chi connectivity index (χ0v) is 17.9. The molecule has 1 aromatic carbocycles. The molecule has 7 nitrogen and oxygen atoms in total. The van der Waals surface area contributed by atoms with Gasteiger partial charge in [0.2, 0.25) is 5.91 Å². The van der Waals surface area contributed by atoms with Gasteiger partial charge in [-0.2, -0.15) is 0 Å². The number of carbonyl (C=O) groups is 2. The summed E-state index contributed by atoms with van der Waals surface area (Å²) in [6.07, 6.45) is 5.82. The van der Waals surface area contributed by atoms with Crippen molar-refractivity contribution in [3.05, 3.63) is 60.7 Å². The van der Waals surface area contributed by atoms with Gasteiger partial charge in [0.15, 0.2) is 0 Å². The van der Waals surface area contributed by atoms with Crippen LogP contribution >= 0.6 is 27.3 Å². The second-order valence-electron chi connectivity index (χ2n) is 6.92. The zero-order chi connectivity index (χ0) is 20.4. The van der Waals surface area contributed by atoms with Crippen LogP contribution in [-0.2, 0) is 24.2 Å². The second kappa shape index (κ2) is 8.46. The summed E-state index contributed by atoms with van der Waals surface area (Å²) in [5, 5.41) is 0.484. The molecular weight excluding hydrogens is 456 g/mol. The molecular formula is C20H19BrN4O3S. The molecule has 4 rings (SSSR count). The number of aromatic nitrogens is 2. The molecule has 1 aliphatic carbocycles. The Morgan fingerprint density at radius 1 is 1.17 bits per heavy atom. The van der Waals surface area contributed by atoms with Crippen LogP contribution in [0.5, 0.6) is 0 Å². The van der Waals surface area contributed by atoms with Crippen LogP contribution in [0.3, 0.4) is 0 Å². The first-order valence-corrected chi connectivity index (χ1v) is 11.0. The van der Waals surface area contributed by atoms with E-state index in [4.69, 9.17) is 0 Å². The number of hydrogen-bond donors (Lipinski definition) is 2. The molecule has 0 spiro atoms. The monoisotopic (exact) mass is 474 g/mol. The van der Waals surface area contributed by atoms with Gasteiger partial charge in [-0.3, -0.25) is 29.8 Å². The number of thiophene rings is 1. The highest BCUT2D eigenvalue weighted by atomic mass is 79.9. The predicted octanol–water partition coefficient (Wildman–Crippen LogP) is 2.95. The molecule has 0 saturated carbocycles. The third-order valence-electron chi connectivity index (χ3n) is 4.90. The molecule has 2 amide bonds. The first-order valence-electron chi connectivity index (χ1n) is 9.37. The van der Waals surface area contributed by atoms with Crippen LogP contribution in [0.15, 0.2) is 39.9 Å². The number of aryl methyl sites for hydroxylation is 3. The van der Waals surface area contributed by atoms with Crippen molar-refractivity contribution in [1.82, 2.24) is 20.4 Å². The standard InChI is InChI=1S/C20H19BrN4O3S/c21-13-5-6-15-14(10-13)20(28)25(11-22-15)8-7-18(26)23-24-19(27)17-9-12-3-1-2-4-16(12)29-17/h5-6,9-11H,1-4,7-8H2,(H,23,26)(H,24,27). The molecule has 2 aromatic heterocycles. The summed E-state index contributed by atoms with van der Waals surface area (Å²) in [6.45, 7) is 0.170. The van der Waals surface area contributed by atoms with Crippen molar-refractivity contribution in [2.45, 2.75) is 38.6 Å². The Labute approximate surface area is 179 Å². The summed E-state index contributed by atoms with van der Waals surface area (Å²) in [7, 11) is 0. The normalized spacial score (nSPS) is 13.1. The zero-order valence-electron chi connectivity index (χ0n) is 15.5. The van der Waals surface area contributed by atoms with Crippen molar-refractivity contribution in [1.29, 1.82) is 0 Å². The maximum absolute atomic E-state index is 12.5. The van der Waals surface area contributed by atoms with Gasteiger partial charge in [0.1, 0.15) is 0 Å². The fraction of sp³-hybridized carbons (Fsp3) is 0.300. The Morgan fingerprint density at radius 2 is 2.00 bits per heavy atom. The lowest BCUT2D eigenvalue weighted by Gasteiger charge is -2.08. The van der Waals surface area contributed by atoms with Gasteiger partial charge in [0.05, 0.1) is 22.1 Å². The molecule has 1 aliphatic rings. The number of nitrogens with one attached hydrogen (secondary N) is 2. The number of rotatable bonds is 4. The smallest absolute Gasteiger partial charge is 0.279 e. The Kier molecular flexibility index (Phi) is 5.77. The summed E-state index contributed by atoms with van der Waals surface area (Å²) >= 11 is 4.83. The number of hydrazine groups is 1. The fourth-order valence-electron chi connectivity index (χ4n) is 3.37. The first kappa shape index (κ1) is 19.8. The van der Waals surface area contributed by atoms with E-state index < -0.39 is 0 Å². The van der Waals surface area contributed by atoms with Gasteiger partial charge < -0.3 is 0 Å². The van der Waals surface area contributed by atoms with Crippen LogP contribution in [0.25, 0.3) is 10.9 Å². The second-order valence-corrected chi connectivity index (χ2v) is 8.98. The number of hydrogen-bond acceptors (Lipinski definition) is 5. The van der Waals surface area contributed by atoms with E-state index in [1.807, 2.05) is 12.1 Å². The van der Waals surface area contributed by atoms with Crippen LogP contribution in [-0.4, -0.2) is 21.4 Å². The Bertz CT molecular complexity index is 1130. The van der Waals surface area contributed by atoms with Gasteiger partial charge in [0.25, 0.3) is 11.5 Å². The lowest BCUT2D eigenvalue weighted by Crippen LogP contribution is -2.41.